The summed E-state index contributed by atoms with van der Waals surface area (Å²) in [5, 5.41) is 14.4. The molecule has 0 saturated carbocycles. The monoisotopic (exact) mass is 291 g/mol. The molecule has 0 N–H and O–H groups in total. The molecule has 0 aromatic carbocycles. The first-order valence-corrected chi connectivity index (χ1v) is 5.60. The molecule has 1 heterocycles. The van der Waals surface area contributed by atoms with Crippen LogP contribution in [0.15, 0.2) is 10.7 Å². The van der Waals surface area contributed by atoms with Gasteiger partial charge in [-0.2, -0.15) is 4.68 Å². The van der Waals surface area contributed by atoms with Gasteiger partial charge in [0.25, 0.3) is 0 Å². The zero-order valence-electron chi connectivity index (χ0n) is 9.44. The summed E-state index contributed by atoms with van der Waals surface area (Å²) in [6, 6.07) is 0. The molecule has 0 bridgehead atoms. The predicted octanol–water partition coefficient (Wildman–Crippen LogP) is 2.37. The second-order valence-electron chi connectivity index (χ2n) is 4.28. The van der Waals surface area contributed by atoms with E-state index in [9.17, 15) is 10.1 Å². The molecule has 1 aromatic heterocycles. The van der Waals surface area contributed by atoms with Crippen LogP contribution in [0.5, 0.6) is 0 Å². The number of halogens is 1. The maximum Gasteiger partial charge on any atom is 0.404 e. The van der Waals surface area contributed by atoms with Gasteiger partial charge in [-0.3, -0.25) is 0 Å². The molecular formula is C9H14BrN3O3. The number of rotatable bonds is 4. The molecule has 7 heteroatoms. The molecule has 1 aromatic rings. The van der Waals surface area contributed by atoms with Crippen molar-refractivity contribution in [2.45, 2.75) is 32.9 Å². The third kappa shape index (κ3) is 3.90. The highest BCUT2D eigenvalue weighted by molar-refractivity contribution is 9.10. The van der Waals surface area contributed by atoms with Crippen molar-refractivity contribution in [3.63, 3.8) is 0 Å². The van der Waals surface area contributed by atoms with E-state index in [0.717, 1.165) is 0 Å². The summed E-state index contributed by atoms with van der Waals surface area (Å²) in [6.07, 6.45) is 1.57. The fourth-order valence-electron chi connectivity index (χ4n) is 1.07. The molecule has 0 aliphatic heterocycles. The summed E-state index contributed by atoms with van der Waals surface area (Å²) < 4.78 is 7.37. The topological polar surface area (TPSA) is 70.2 Å². The first-order chi connectivity index (χ1) is 7.29. The number of nitrogens with zero attached hydrogens (tertiary/aromatic N) is 3. The lowest BCUT2D eigenvalue weighted by molar-refractivity contribution is -0.390. The Bertz CT molecular complexity index is 384. The van der Waals surface area contributed by atoms with Crippen LogP contribution < -0.4 is 0 Å². The molecule has 0 radical (unpaired) electrons. The van der Waals surface area contributed by atoms with Gasteiger partial charge in [0.05, 0.1) is 30.0 Å². The van der Waals surface area contributed by atoms with E-state index in [0.29, 0.717) is 17.6 Å². The summed E-state index contributed by atoms with van der Waals surface area (Å²) in [7, 11) is 0. The van der Waals surface area contributed by atoms with Gasteiger partial charge in [0.15, 0.2) is 0 Å². The second kappa shape index (κ2) is 4.92. The molecule has 0 unspecified atom stereocenters. The van der Waals surface area contributed by atoms with Crippen LogP contribution >= 0.6 is 15.9 Å². The number of aromatic nitrogens is 2. The van der Waals surface area contributed by atoms with Gasteiger partial charge in [-0.1, -0.05) is 0 Å². The maximum atomic E-state index is 10.5. The average Bonchev–Trinajstić information content (AvgIpc) is 2.44. The van der Waals surface area contributed by atoms with E-state index >= 15 is 0 Å². The maximum absolute atomic E-state index is 10.5. The highest BCUT2D eigenvalue weighted by atomic mass is 79.9. The van der Waals surface area contributed by atoms with Crippen LogP contribution in [0.1, 0.15) is 20.8 Å². The fourth-order valence-corrected chi connectivity index (χ4v) is 1.53. The quantitative estimate of drug-likeness (QED) is 0.631. The zero-order chi connectivity index (χ0) is 12.3. The number of nitro groups is 1. The van der Waals surface area contributed by atoms with Crippen LogP contribution in [0.2, 0.25) is 0 Å². The van der Waals surface area contributed by atoms with Crippen LogP contribution in [0.3, 0.4) is 0 Å². The van der Waals surface area contributed by atoms with Crippen molar-refractivity contribution in [3.8, 4) is 0 Å². The van der Waals surface area contributed by atoms with Crippen molar-refractivity contribution in [3.05, 3.63) is 20.8 Å². The van der Waals surface area contributed by atoms with E-state index in [2.05, 4.69) is 21.0 Å². The first kappa shape index (κ1) is 13.1. The Labute approximate surface area is 102 Å². The molecular weight excluding hydrogens is 278 g/mol. The molecule has 0 amide bonds. The SMILES string of the molecule is CC(C)(C)OCCn1cc(Br)c([N+](=O)[O-])n1. The van der Waals surface area contributed by atoms with E-state index in [-0.39, 0.29) is 11.4 Å². The van der Waals surface area contributed by atoms with Gasteiger partial charge in [-0.25, -0.2) is 0 Å². The zero-order valence-corrected chi connectivity index (χ0v) is 11.0. The van der Waals surface area contributed by atoms with E-state index in [1.807, 2.05) is 20.8 Å². The third-order valence-electron chi connectivity index (χ3n) is 1.73. The molecule has 16 heavy (non-hydrogen) atoms. The Balaban J connectivity index is 2.56. The lowest BCUT2D eigenvalue weighted by Gasteiger charge is -2.18. The Kier molecular flexibility index (Phi) is 4.03. The summed E-state index contributed by atoms with van der Waals surface area (Å²) in [5.74, 6) is -0.171. The van der Waals surface area contributed by atoms with Crippen molar-refractivity contribution in [1.29, 1.82) is 0 Å². The average molecular weight is 292 g/mol. The molecule has 0 atom stereocenters. The molecule has 1 rings (SSSR count). The molecule has 0 spiro atoms. The van der Waals surface area contributed by atoms with Crippen LogP contribution in [0, 0.1) is 10.1 Å². The molecule has 0 aliphatic carbocycles. The van der Waals surface area contributed by atoms with E-state index in [4.69, 9.17) is 4.74 Å². The van der Waals surface area contributed by atoms with Gasteiger partial charge in [-0.15, -0.1) is 0 Å². The van der Waals surface area contributed by atoms with Gasteiger partial charge < -0.3 is 14.9 Å². The van der Waals surface area contributed by atoms with Crippen molar-refractivity contribution in [1.82, 2.24) is 9.78 Å². The summed E-state index contributed by atoms with van der Waals surface area (Å²) in [6.45, 7) is 6.82. The Hall–Kier alpha value is -0.950. The molecule has 0 fully saturated rings. The second-order valence-corrected chi connectivity index (χ2v) is 5.14. The predicted molar refractivity (Wildman–Crippen MR) is 62.3 cm³/mol. The Morgan fingerprint density at radius 1 is 1.62 bits per heavy atom. The van der Waals surface area contributed by atoms with Crippen LogP contribution in [0.4, 0.5) is 5.82 Å². The van der Waals surface area contributed by atoms with Gasteiger partial charge in [0, 0.05) is 0 Å². The minimum atomic E-state index is -0.523. The highest BCUT2D eigenvalue weighted by Crippen LogP contribution is 2.21. The van der Waals surface area contributed by atoms with Crippen molar-refractivity contribution >= 4 is 21.7 Å². The van der Waals surface area contributed by atoms with Crippen LogP contribution in [-0.2, 0) is 11.3 Å². The molecule has 0 saturated heterocycles. The number of ether oxygens (including phenoxy) is 1. The Morgan fingerprint density at radius 2 is 2.25 bits per heavy atom. The minimum Gasteiger partial charge on any atom is -0.374 e. The van der Waals surface area contributed by atoms with Crippen LogP contribution in [-0.4, -0.2) is 26.9 Å². The molecule has 0 aliphatic rings. The number of hydrogen-bond donors (Lipinski definition) is 0. The fraction of sp³-hybridized carbons (Fsp3) is 0.667. The van der Waals surface area contributed by atoms with Crippen molar-refractivity contribution in [2.24, 2.45) is 0 Å². The van der Waals surface area contributed by atoms with Crippen molar-refractivity contribution < 1.29 is 9.66 Å². The lowest BCUT2D eigenvalue weighted by Crippen LogP contribution is -2.22. The van der Waals surface area contributed by atoms with Crippen LogP contribution in [0.25, 0.3) is 0 Å². The largest absolute Gasteiger partial charge is 0.404 e. The third-order valence-corrected chi connectivity index (χ3v) is 2.29. The van der Waals surface area contributed by atoms with Gasteiger partial charge in [0.1, 0.15) is 4.47 Å². The van der Waals surface area contributed by atoms with Gasteiger partial charge in [-0.05, 0) is 41.6 Å². The summed E-state index contributed by atoms with van der Waals surface area (Å²) in [4.78, 5) is 10.0. The normalized spacial score (nSPS) is 11.8. The minimum absolute atomic E-state index is 0.171. The summed E-state index contributed by atoms with van der Waals surface area (Å²) >= 11 is 3.08. The first-order valence-electron chi connectivity index (χ1n) is 4.81. The smallest absolute Gasteiger partial charge is 0.374 e. The van der Waals surface area contributed by atoms with Gasteiger partial charge >= 0.3 is 5.82 Å². The molecule has 6 nitrogen and oxygen atoms in total. The number of hydrogen-bond acceptors (Lipinski definition) is 4. The summed E-state index contributed by atoms with van der Waals surface area (Å²) in [5.41, 5.74) is -0.212. The lowest BCUT2D eigenvalue weighted by atomic mass is 10.2. The standard InChI is InChI=1S/C9H14BrN3O3/c1-9(2,3)16-5-4-12-6-7(10)8(11-12)13(14)15/h6H,4-5H2,1-3H3. The van der Waals surface area contributed by atoms with Crippen molar-refractivity contribution in [2.75, 3.05) is 6.61 Å². The van der Waals surface area contributed by atoms with Gasteiger partial charge in [0.2, 0.25) is 0 Å². The van der Waals surface area contributed by atoms with E-state index in [1.165, 1.54) is 4.68 Å². The highest BCUT2D eigenvalue weighted by Gasteiger charge is 2.18. The molecule has 90 valence electrons. The van der Waals surface area contributed by atoms with E-state index in [1.54, 1.807) is 6.20 Å². The van der Waals surface area contributed by atoms with E-state index < -0.39 is 4.92 Å². The Morgan fingerprint density at radius 3 is 2.69 bits per heavy atom.